The van der Waals surface area contributed by atoms with Gasteiger partial charge >= 0.3 is 0 Å². The van der Waals surface area contributed by atoms with Gasteiger partial charge in [0.05, 0.1) is 0 Å². The van der Waals surface area contributed by atoms with Gasteiger partial charge < -0.3 is 5.32 Å². The first kappa shape index (κ1) is 15.0. The van der Waals surface area contributed by atoms with Crippen LogP contribution in [-0.2, 0) is 6.54 Å². The minimum absolute atomic E-state index is 0.245. The first-order chi connectivity index (χ1) is 9.60. The smallest absolute Gasteiger partial charge is 0.128 e. The van der Waals surface area contributed by atoms with E-state index in [1.165, 1.54) is 11.0 Å². The Morgan fingerprint density at radius 1 is 1.10 bits per heavy atom. The van der Waals surface area contributed by atoms with Crippen LogP contribution in [0.5, 0.6) is 0 Å². The molecule has 20 heavy (non-hydrogen) atoms. The maximum atomic E-state index is 13.6. The number of thioether (sulfide) groups is 1. The third-order valence-corrected chi connectivity index (χ3v) is 3.94. The van der Waals surface area contributed by atoms with Gasteiger partial charge in [0.2, 0.25) is 0 Å². The number of rotatable bonds is 5. The van der Waals surface area contributed by atoms with E-state index in [9.17, 15) is 8.78 Å². The fourth-order valence-corrected chi connectivity index (χ4v) is 2.38. The SMILES string of the molecule is CSc1ccc(CNC(C)c2cc(F)ccc2F)cc1. The third-order valence-electron chi connectivity index (χ3n) is 3.20. The molecule has 1 atom stereocenters. The minimum atomic E-state index is -0.417. The van der Waals surface area contributed by atoms with Gasteiger partial charge in [-0.1, -0.05) is 12.1 Å². The van der Waals surface area contributed by atoms with Crippen molar-refractivity contribution in [3.8, 4) is 0 Å². The molecule has 0 bridgehead atoms. The lowest BCUT2D eigenvalue weighted by atomic mass is 10.1. The van der Waals surface area contributed by atoms with Crippen LogP contribution in [0.1, 0.15) is 24.1 Å². The van der Waals surface area contributed by atoms with E-state index in [2.05, 4.69) is 17.4 Å². The lowest BCUT2D eigenvalue weighted by Gasteiger charge is -2.15. The topological polar surface area (TPSA) is 12.0 Å². The lowest BCUT2D eigenvalue weighted by molar-refractivity contribution is 0.518. The highest BCUT2D eigenvalue weighted by molar-refractivity contribution is 7.98. The van der Waals surface area contributed by atoms with E-state index in [0.29, 0.717) is 12.1 Å². The fourth-order valence-electron chi connectivity index (χ4n) is 1.97. The summed E-state index contributed by atoms with van der Waals surface area (Å²) in [7, 11) is 0. The molecule has 0 spiro atoms. The maximum absolute atomic E-state index is 13.6. The quantitative estimate of drug-likeness (QED) is 0.812. The standard InChI is InChI=1S/C16H17F2NS/c1-11(15-9-13(17)5-8-16(15)18)19-10-12-3-6-14(20-2)7-4-12/h3-9,11,19H,10H2,1-2H3. The van der Waals surface area contributed by atoms with Crippen molar-refractivity contribution >= 4 is 11.8 Å². The molecular formula is C16H17F2NS. The highest BCUT2D eigenvalue weighted by Gasteiger charge is 2.11. The lowest BCUT2D eigenvalue weighted by Crippen LogP contribution is -2.19. The molecule has 0 aliphatic carbocycles. The van der Waals surface area contributed by atoms with Crippen molar-refractivity contribution in [3.05, 3.63) is 65.2 Å². The van der Waals surface area contributed by atoms with Gasteiger partial charge in [-0.3, -0.25) is 0 Å². The summed E-state index contributed by atoms with van der Waals surface area (Å²) in [5.41, 5.74) is 1.47. The molecule has 1 N–H and O–H groups in total. The zero-order valence-corrected chi connectivity index (χ0v) is 12.3. The molecular weight excluding hydrogens is 276 g/mol. The molecule has 0 aromatic heterocycles. The van der Waals surface area contributed by atoms with Gasteiger partial charge in [0.25, 0.3) is 0 Å². The number of nitrogens with one attached hydrogen (secondary N) is 1. The second-order valence-electron chi connectivity index (χ2n) is 4.62. The third kappa shape index (κ3) is 3.81. The van der Waals surface area contributed by atoms with Crippen molar-refractivity contribution in [3.63, 3.8) is 0 Å². The number of hydrogen-bond acceptors (Lipinski definition) is 2. The Morgan fingerprint density at radius 2 is 1.80 bits per heavy atom. The van der Waals surface area contributed by atoms with E-state index < -0.39 is 5.82 Å². The van der Waals surface area contributed by atoms with Gasteiger partial charge in [0, 0.05) is 23.0 Å². The molecule has 0 radical (unpaired) electrons. The molecule has 0 aliphatic heterocycles. The van der Waals surface area contributed by atoms with Crippen LogP contribution >= 0.6 is 11.8 Å². The van der Waals surface area contributed by atoms with Gasteiger partial charge in [0.1, 0.15) is 11.6 Å². The molecule has 4 heteroatoms. The Hall–Kier alpha value is -1.39. The molecule has 106 valence electrons. The fraction of sp³-hybridized carbons (Fsp3) is 0.250. The summed E-state index contributed by atoms with van der Waals surface area (Å²) in [6.45, 7) is 2.44. The monoisotopic (exact) mass is 293 g/mol. The van der Waals surface area contributed by atoms with Gasteiger partial charge in [-0.05, 0) is 49.1 Å². The molecule has 1 nitrogen and oxygen atoms in total. The summed E-state index contributed by atoms with van der Waals surface area (Å²) in [5.74, 6) is -0.802. The highest BCUT2D eigenvalue weighted by atomic mass is 32.2. The first-order valence-corrected chi connectivity index (χ1v) is 7.64. The second-order valence-corrected chi connectivity index (χ2v) is 5.50. The summed E-state index contributed by atoms with van der Waals surface area (Å²) in [6.07, 6.45) is 2.03. The zero-order valence-electron chi connectivity index (χ0n) is 11.5. The van der Waals surface area contributed by atoms with E-state index in [0.717, 1.165) is 17.7 Å². The Bertz CT molecular complexity index is 569. The van der Waals surface area contributed by atoms with Crippen molar-refractivity contribution in [1.82, 2.24) is 5.32 Å². The minimum Gasteiger partial charge on any atom is -0.306 e. The molecule has 0 aliphatic rings. The average Bonchev–Trinajstić information content (AvgIpc) is 2.47. The normalized spacial score (nSPS) is 12.4. The summed E-state index contributed by atoms with van der Waals surface area (Å²) < 4.78 is 26.8. The van der Waals surface area contributed by atoms with Gasteiger partial charge in [-0.25, -0.2) is 8.78 Å². The van der Waals surface area contributed by atoms with Gasteiger partial charge in [0.15, 0.2) is 0 Å². The van der Waals surface area contributed by atoms with Crippen LogP contribution in [0.15, 0.2) is 47.4 Å². The number of benzene rings is 2. The largest absolute Gasteiger partial charge is 0.306 e. The van der Waals surface area contributed by atoms with E-state index >= 15 is 0 Å². The Morgan fingerprint density at radius 3 is 2.45 bits per heavy atom. The predicted octanol–water partition coefficient (Wildman–Crippen LogP) is 4.54. The summed E-state index contributed by atoms with van der Waals surface area (Å²) in [6, 6.07) is 11.5. The molecule has 1 unspecified atom stereocenters. The average molecular weight is 293 g/mol. The van der Waals surface area contributed by atoms with Crippen LogP contribution in [0.4, 0.5) is 8.78 Å². The van der Waals surface area contributed by atoms with Crippen molar-refractivity contribution in [1.29, 1.82) is 0 Å². The Labute approximate surface area is 122 Å². The van der Waals surface area contributed by atoms with Crippen molar-refractivity contribution in [2.45, 2.75) is 24.4 Å². The van der Waals surface area contributed by atoms with Crippen molar-refractivity contribution in [2.75, 3.05) is 6.26 Å². The van der Waals surface area contributed by atoms with Crippen LogP contribution in [0.25, 0.3) is 0 Å². The van der Waals surface area contributed by atoms with Gasteiger partial charge in [-0.2, -0.15) is 0 Å². The van der Waals surface area contributed by atoms with Gasteiger partial charge in [-0.15, -0.1) is 11.8 Å². The molecule has 2 aromatic rings. The molecule has 0 fully saturated rings. The van der Waals surface area contributed by atoms with Crippen LogP contribution in [0.3, 0.4) is 0 Å². The van der Waals surface area contributed by atoms with E-state index in [1.54, 1.807) is 11.8 Å². The second kappa shape index (κ2) is 6.86. The van der Waals surface area contributed by atoms with Crippen LogP contribution in [-0.4, -0.2) is 6.26 Å². The maximum Gasteiger partial charge on any atom is 0.128 e. The summed E-state index contributed by atoms with van der Waals surface area (Å²) in [5, 5.41) is 3.21. The summed E-state index contributed by atoms with van der Waals surface area (Å²) >= 11 is 1.69. The number of hydrogen-bond donors (Lipinski definition) is 1. The van der Waals surface area contributed by atoms with Crippen molar-refractivity contribution in [2.24, 2.45) is 0 Å². The molecule has 0 saturated heterocycles. The van der Waals surface area contributed by atoms with E-state index in [4.69, 9.17) is 0 Å². The Kier molecular flexibility index (Phi) is 5.15. The zero-order chi connectivity index (χ0) is 14.5. The van der Waals surface area contributed by atoms with E-state index in [-0.39, 0.29) is 11.9 Å². The molecule has 0 saturated carbocycles. The summed E-state index contributed by atoms with van der Waals surface area (Å²) in [4.78, 5) is 1.21. The van der Waals surface area contributed by atoms with Crippen LogP contribution < -0.4 is 5.32 Å². The predicted molar refractivity (Wildman–Crippen MR) is 79.8 cm³/mol. The molecule has 2 rings (SSSR count). The number of halogens is 2. The Balaban J connectivity index is 2.00. The van der Waals surface area contributed by atoms with Crippen molar-refractivity contribution < 1.29 is 8.78 Å². The first-order valence-electron chi connectivity index (χ1n) is 6.41. The highest BCUT2D eigenvalue weighted by Crippen LogP contribution is 2.19. The molecule has 0 amide bonds. The molecule has 2 aromatic carbocycles. The molecule has 0 heterocycles. The van der Waals surface area contributed by atoms with E-state index in [1.807, 2.05) is 25.3 Å². The van der Waals surface area contributed by atoms with Crippen LogP contribution in [0.2, 0.25) is 0 Å². The van der Waals surface area contributed by atoms with Crippen LogP contribution in [0, 0.1) is 11.6 Å².